The van der Waals surface area contributed by atoms with E-state index in [1.54, 1.807) is 11.0 Å². The van der Waals surface area contributed by atoms with Crippen molar-refractivity contribution < 1.29 is 9.47 Å². The molecule has 1 aromatic rings. The number of aryl methyl sites for hydroxylation is 1. The Hall–Kier alpha value is -0.980. The quantitative estimate of drug-likeness (QED) is 0.666. The molecule has 0 aliphatic carbocycles. The van der Waals surface area contributed by atoms with E-state index in [9.17, 15) is 0 Å². The van der Waals surface area contributed by atoms with Crippen molar-refractivity contribution >= 4 is 0 Å². The van der Waals surface area contributed by atoms with Gasteiger partial charge in [-0.2, -0.15) is 5.10 Å². The fourth-order valence-electron chi connectivity index (χ4n) is 1.64. The van der Waals surface area contributed by atoms with E-state index in [0.717, 1.165) is 12.2 Å². The van der Waals surface area contributed by atoms with Crippen molar-refractivity contribution in [2.75, 3.05) is 20.3 Å². The van der Waals surface area contributed by atoms with E-state index in [4.69, 9.17) is 9.47 Å². The fraction of sp³-hybridized carbons (Fsp3) is 0.818. The van der Waals surface area contributed by atoms with Gasteiger partial charge in [0, 0.05) is 26.7 Å². The summed E-state index contributed by atoms with van der Waals surface area (Å²) < 4.78 is 12.9. The number of aromatic nitrogens is 3. The van der Waals surface area contributed by atoms with Gasteiger partial charge >= 0.3 is 0 Å². The molecule has 1 atom stereocenters. The molecule has 1 rings (SSSR count). The lowest BCUT2D eigenvalue weighted by atomic mass is 10.2. The summed E-state index contributed by atoms with van der Waals surface area (Å²) in [5.41, 5.74) is 0. The molecular formula is C11H22N4O2. The van der Waals surface area contributed by atoms with E-state index in [-0.39, 0.29) is 12.3 Å². The molecule has 1 heterocycles. The van der Waals surface area contributed by atoms with E-state index >= 15 is 0 Å². The van der Waals surface area contributed by atoms with Crippen LogP contribution in [0.5, 0.6) is 0 Å². The van der Waals surface area contributed by atoms with Gasteiger partial charge in [-0.3, -0.25) is 4.68 Å². The molecule has 0 spiro atoms. The number of likely N-dealkylation sites (N-methyl/N-ethyl adjacent to an activating group) is 1. The van der Waals surface area contributed by atoms with Gasteiger partial charge in [0.25, 0.3) is 0 Å². The summed E-state index contributed by atoms with van der Waals surface area (Å²) >= 11 is 0. The van der Waals surface area contributed by atoms with Crippen molar-refractivity contribution in [3.8, 4) is 0 Å². The zero-order chi connectivity index (χ0) is 12.7. The monoisotopic (exact) mass is 242 g/mol. The first-order chi connectivity index (χ1) is 8.22. The lowest BCUT2D eigenvalue weighted by Crippen LogP contribution is -2.43. The maximum Gasteiger partial charge on any atom is 0.173 e. The number of hydrogen-bond acceptors (Lipinski definition) is 5. The van der Waals surface area contributed by atoms with Crippen molar-refractivity contribution in [3.05, 3.63) is 12.2 Å². The van der Waals surface area contributed by atoms with Gasteiger partial charge in [0.15, 0.2) is 6.29 Å². The second kappa shape index (κ2) is 7.37. The Kier molecular flexibility index (Phi) is 6.10. The van der Waals surface area contributed by atoms with Crippen molar-refractivity contribution in [3.63, 3.8) is 0 Å². The van der Waals surface area contributed by atoms with Crippen LogP contribution in [0.1, 0.15) is 19.7 Å². The average Bonchev–Trinajstić information content (AvgIpc) is 2.71. The number of hydrogen-bond donors (Lipinski definition) is 1. The van der Waals surface area contributed by atoms with Crippen molar-refractivity contribution in [2.45, 2.75) is 32.6 Å². The molecule has 0 aromatic carbocycles. The van der Waals surface area contributed by atoms with Crippen LogP contribution in [0, 0.1) is 0 Å². The van der Waals surface area contributed by atoms with E-state index in [2.05, 4.69) is 15.4 Å². The number of rotatable bonds is 8. The maximum atomic E-state index is 5.58. The molecular weight excluding hydrogens is 220 g/mol. The maximum absolute atomic E-state index is 5.58. The summed E-state index contributed by atoms with van der Waals surface area (Å²) in [6, 6.07) is 0.0674. The summed E-state index contributed by atoms with van der Waals surface area (Å²) in [4.78, 5) is 4.21. The highest BCUT2D eigenvalue weighted by atomic mass is 16.7. The largest absolute Gasteiger partial charge is 0.351 e. The van der Waals surface area contributed by atoms with Crippen LogP contribution in [0.4, 0.5) is 0 Å². The first-order valence-corrected chi connectivity index (χ1v) is 5.96. The highest BCUT2D eigenvalue weighted by Gasteiger charge is 2.22. The highest BCUT2D eigenvalue weighted by Crippen LogP contribution is 2.07. The predicted octanol–water partition coefficient (Wildman–Crippen LogP) is 0.345. The first kappa shape index (κ1) is 14.1. The fourth-order valence-corrected chi connectivity index (χ4v) is 1.64. The van der Waals surface area contributed by atoms with Gasteiger partial charge in [-0.05, 0) is 20.9 Å². The molecule has 0 saturated heterocycles. The van der Waals surface area contributed by atoms with E-state index in [1.807, 2.05) is 27.9 Å². The van der Waals surface area contributed by atoms with Gasteiger partial charge in [-0.15, -0.1) is 0 Å². The lowest BCUT2D eigenvalue weighted by molar-refractivity contribution is -0.153. The van der Waals surface area contributed by atoms with Crippen molar-refractivity contribution in [1.82, 2.24) is 20.1 Å². The molecule has 0 amide bonds. The Morgan fingerprint density at radius 3 is 2.41 bits per heavy atom. The molecule has 1 unspecified atom stereocenters. The number of nitrogens with one attached hydrogen (secondary N) is 1. The minimum Gasteiger partial charge on any atom is -0.351 e. The summed E-state index contributed by atoms with van der Waals surface area (Å²) in [5.74, 6) is 0.911. The number of ether oxygens (including phenoxy) is 2. The second-order valence-electron chi connectivity index (χ2n) is 3.68. The Bertz CT molecular complexity index is 310. The summed E-state index contributed by atoms with van der Waals surface area (Å²) in [7, 11) is 3.78. The van der Waals surface area contributed by atoms with Gasteiger partial charge < -0.3 is 14.8 Å². The molecule has 98 valence electrons. The first-order valence-electron chi connectivity index (χ1n) is 5.96. The van der Waals surface area contributed by atoms with Gasteiger partial charge in [0.1, 0.15) is 12.2 Å². The average molecular weight is 242 g/mol. The van der Waals surface area contributed by atoms with E-state index in [1.165, 1.54) is 0 Å². The van der Waals surface area contributed by atoms with Crippen molar-refractivity contribution in [1.29, 1.82) is 0 Å². The summed E-state index contributed by atoms with van der Waals surface area (Å²) in [6.07, 6.45) is 2.02. The molecule has 0 fully saturated rings. The summed E-state index contributed by atoms with van der Waals surface area (Å²) in [6.45, 7) is 5.17. The third-order valence-electron chi connectivity index (χ3n) is 2.57. The Morgan fingerprint density at radius 1 is 1.35 bits per heavy atom. The second-order valence-corrected chi connectivity index (χ2v) is 3.68. The van der Waals surface area contributed by atoms with Crippen LogP contribution in [0.2, 0.25) is 0 Å². The van der Waals surface area contributed by atoms with Gasteiger partial charge in [0.2, 0.25) is 0 Å². The minimum atomic E-state index is -0.258. The van der Waals surface area contributed by atoms with Gasteiger partial charge in [-0.1, -0.05) is 0 Å². The highest BCUT2D eigenvalue weighted by molar-refractivity contribution is 4.90. The molecule has 0 aliphatic heterocycles. The predicted molar refractivity (Wildman–Crippen MR) is 64.6 cm³/mol. The van der Waals surface area contributed by atoms with Crippen LogP contribution in [0.3, 0.4) is 0 Å². The Morgan fingerprint density at radius 2 is 2.00 bits per heavy atom. The zero-order valence-electron chi connectivity index (χ0n) is 11.0. The third kappa shape index (κ3) is 4.07. The van der Waals surface area contributed by atoms with Crippen LogP contribution in [0.25, 0.3) is 0 Å². The van der Waals surface area contributed by atoms with Crippen LogP contribution in [-0.2, 0) is 22.9 Å². The molecule has 6 heteroatoms. The lowest BCUT2D eigenvalue weighted by Gasteiger charge is -2.26. The third-order valence-corrected chi connectivity index (χ3v) is 2.57. The normalized spacial score (nSPS) is 13.2. The number of nitrogens with zero attached hydrogens (tertiary/aromatic N) is 3. The molecule has 1 aromatic heterocycles. The SMILES string of the molecule is CCOC(OCC)C(Cc1ncnn1C)NC. The smallest absolute Gasteiger partial charge is 0.173 e. The van der Waals surface area contributed by atoms with Crippen molar-refractivity contribution in [2.24, 2.45) is 7.05 Å². The molecule has 0 radical (unpaired) electrons. The van der Waals surface area contributed by atoms with Crippen LogP contribution >= 0.6 is 0 Å². The Balaban J connectivity index is 2.64. The van der Waals surface area contributed by atoms with E-state index < -0.39 is 0 Å². The van der Waals surface area contributed by atoms with Gasteiger partial charge in [0.05, 0.1) is 6.04 Å². The van der Waals surface area contributed by atoms with Crippen LogP contribution in [-0.4, -0.2) is 47.4 Å². The van der Waals surface area contributed by atoms with E-state index in [0.29, 0.717) is 13.2 Å². The zero-order valence-corrected chi connectivity index (χ0v) is 11.0. The molecule has 0 saturated carbocycles. The molecule has 0 bridgehead atoms. The minimum absolute atomic E-state index is 0.0674. The topological polar surface area (TPSA) is 61.2 Å². The van der Waals surface area contributed by atoms with Crippen LogP contribution in [0.15, 0.2) is 6.33 Å². The molecule has 0 aliphatic rings. The standard InChI is InChI=1S/C11H22N4O2/c1-5-16-11(17-6-2)9(12-3)7-10-13-8-14-15(10)4/h8-9,11-12H,5-7H2,1-4H3. The van der Waals surface area contributed by atoms with Gasteiger partial charge in [-0.25, -0.2) is 4.98 Å². The summed E-state index contributed by atoms with van der Waals surface area (Å²) in [5, 5.41) is 7.26. The molecule has 17 heavy (non-hydrogen) atoms. The molecule has 1 N–H and O–H groups in total. The Labute approximate surface area is 102 Å². The molecule has 6 nitrogen and oxygen atoms in total. The van der Waals surface area contributed by atoms with Crippen LogP contribution < -0.4 is 5.32 Å².